The number of carbonyl (C=O) groups is 1. The Balaban J connectivity index is 1.92. The van der Waals surface area contributed by atoms with E-state index in [0.29, 0.717) is 18.4 Å². The first-order valence-corrected chi connectivity index (χ1v) is 16.9. The maximum atomic E-state index is 13.1. The minimum atomic E-state index is -1.66. The van der Waals surface area contributed by atoms with Crippen LogP contribution in [-0.2, 0) is 9.47 Å². The summed E-state index contributed by atoms with van der Waals surface area (Å²) in [5.74, 6) is -0.583. The molecule has 0 spiro atoms. The Labute approximate surface area is 271 Å². The number of unbranched alkanes of at least 4 members (excludes halogenated alkanes) is 11. The first-order chi connectivity index (χ1) is 21.1. The van der Waals surface area contributed by atoms with Gasteiger partial charge in [-0.3, -0.25) is 4.79 Å². The zero-order chi connectivity index (χ0) is 32.5. The van der Waals surface area contributed by atoms with Gasteiger partial charge in [-0.2, -0.15) is 0 Å². The molecule has 0 aromatic heterocycles. The third-order valence-electron chi connectivity index (χ3n) is 8.17. The molecule has 1 saturated heterocycles. The van der Waals surface area contributed by atoms with Crippen molar-refractivity contribution in [1.29, 1.82) is 0 Å². The lowest BCUT2D eigenvalue weighted by atomic mass is 9.98. The van der Waals surface area contributed by atoms with E-state index in [0.717, 1.165) is 19.3 Å². The molecule has 1 amide bonds. The minimum Gasteiger partial charge on any atom is -0.394 e. The second-order valence-corrected chi connectivity index (χ2v) is 12.9. The molecule has 1 aliphatic heterocycles. The van der Waals surface area contributed by atoms with Gasteiger partial charge in [0.2, 0.25) is 0 Å². The molecule has 1 aromatic rings. The summed E-state index contributed by atoms with van der Waals surface area (Å²) in [6.07, 6.45) is 4.15. The lowest BCUT2D eigenvalue weighted by Gasteiger charge is -2.40. The van der Waals surface area contributed by atoms with Crippen molar-refractivity contribution in [2.75, 3.05) is 13.2 Å². The Morgan fingerprint density at radius 1 is 0.909 bits per heavy atom. The molecule has 0 aliphatic carbocycles. The van der Waals surface area contributed by atoms with Crippen molar-refractivity contribution in [1.82, 2.24) is 5.32 Å². The molecule has 7 N–H and O–H groups in total. The average molecular weight is 667 g/mol. The quantitative estimate of drug-likeness (QED) is 0.0717. The van der Waals surface area contributed by atoms with Gasteiger partial charge in [0, 0.05) is 5.56 Å². The molecular weight excluding hydrogens is 613 g/mol. The van der Waals surface area contributed by atoms with Gasteiger partial charge in [0.25, 0.3) is 5.91 Å². The molecular formula is C32H53Cl2NO9. The summed E-state index contributed by atoms with van der Waals surface area (Å²) in [4.78, 5) is 12.3. The van der Waals surface area contributed by atoms with E-state index in [-0.39, 0.29) is 5.56 Å². The number of amides is 1. The lowest BCUT2D eigenvalue weighted by Crippen LogP contribution is -2.60. The number of aliphatic hydroxyl groups is 6. The standard InChI is InChI=1S/C32H53Cl2NO9/c1-2-3-4-5-6-7-8-9-10-11-12-13-17-24(37)26(38)23(35-31(42)22-16-14-15-21(18-22)30(33)34)20-43-32-29(41)28(40)27(39)25(19-36)44-32/h14-16,18,23-30,32,36-41H,2-13,17,19-20H2,1H3,(H,35,42)/t23-,24+,25+,26-,27-,28-,29+,32-/m0/s1. The molecule has 12 heteroatoms. The van der Waals surface area contributed by atoms with E-state index >= 15 is 0 Å². The molecule has 0 bridgehead atoms. The number of rotatable bonds is 22. The van der Waals surface area contributed by atoms with Crippen LogP contribution in [0.5, 0.6) is 0 Å². The van der Waals surface area contributed by atoms with Crippen LogP contribution in [0.15, 0.2) is 24.3 Å². The molecule has 1 fully saturated rings. The zero-order valence-electron chi connectivity index (χ0n) is 25.8. The number of hydrogen-bond acceptors (Lipinski definition) is 9. The predicted molar refractivity (Wildman–Crippen MR) is 170 cm³/mol. The number of nitrogens with one attached hydrogen (secondary N) is 1. The van der Waals surface area contributed by atoms with Crippen molar-refractivity contribution >= 4 is 29.1 Å². The number of aliphatic hydroxyl groups excluding tert-OH is 6. The zero-order valence-corrected chi connectivity index (χ0v) is 27.3. The highest BCUT2D eigenvalue weighted by molar-refractivity contribution is 6.44. The Kier molecular flexibility index (Phi) is 19.3. The highest BCUT2D eigenvalue weighted by Gasteiger charge is 2.44. The molecule has 0 saturated carbocycles. The molecule has 1 heterocycles. The molecule has 0 radical (unpaired) electrons. The Bertz CT molecular complexity index is 925. The van der Waals surface area contributed by atoms with Crippen LogP contribution >= 0.6 is 23.2 Å². The third-order valence-corrected chi connectivity index (χ3v) is 8.67. The summed E-state index contributed by atoms with van der Waals surface area (Å²) in [6.45, 7) is 1.17. The molecule has 10 nitrogen and oxygen atoms in total. The monoisotopic (exact) mass is 665 g/mol. The van der Waals surface area contributed by atoms with Gasteiger partial charge in [-0.25, -0.2) is 0 Å². The van der Waals surface area contributed by atoms with Crippen LogP contribution in [0.4, 0.5) is 0 Å². The van der Waals surface area contributed by atoms with Gasteiger partial charge < -0.3 is 45.4 Å². The van der Waals surface area contributed by atoms with E-state index in [1.165, 1.54) is 57.4 Å². The number of halogens is 2. The number of carbonyl (C=O) groups excluding carboxylic acids is 1. The molecule has 0 unspecified atom stereocenters. The SMILES string of the molecule is CCCCCCCCCCCCCC[C@@H](O)[C@@H](O)[C@H](CO[C@H]1O[C@H](CO)[C@H](O)[C@H](O)[C@H]1O)NC(=O)c1cccc(C(Cl)Cl)c1. The van der Waals surface area contributed by atoms with E-state index in [4.69, 9.17) is 32.7 Å². The number of hydrogen-bond donors (Lipinski definition) is 7. The number of benzene rings is 1. The molecule has 2 rings (SSSR count). The summed E-state index contributed by atoms with van der Waals surface area (Å²) in [5, 5.41) is 64.5. The van der Waals surface area contributed by atoms with Crippen molar-refractivity contribution in [3.05, 3.63) is 35.4 Å². The van der Waals surface area contributed by atoms with E-state index in [2.05, 4.69) is 12.2 Å². The first kappa shape index (κ1) is 39.1. The average Bonchev–Trinajstić information content (AvgIpc) is 3.02. The van der Waals surface area contributed by atoms with E-state index in [9.17, 15) is 35.4 Å². The Hall–Kier alpha value is -1.05. The van der Waals surface area contributed by atoms with Crippen LogP contribution < -0.4 is 5.32 Å². The van der Waals surface area contributed by atoms with Gasteiger partial charge in [0.1, 0.15) is 35.4 Å². The Morgan fingerprint density at radius 2 is 1.50 bits per heavy atom. The van der Waals surface area contributed by atoms with Gasteiger partial charge >= 0.3 is 0 Å². The van der Waals surface area contributed by atoms with E-state index in [1.54, 1.807) is 18.2 Å². The summed E-state index contributed by atoms with van der Waals surface area (Å²) >= 11 is 11.9. The fourth-order valence-electron chi connectivity index (χ4n) is 5.33. The maximum absolute atomic E-state index is 13.1. The van der Waals surface area contributed by atoms with Gasteiger partial charge in [-0.15, -0.1) is 23.2 Å². The van der Waals surface area contributed by atoms with Crippen molar-refractivity contribution in [3.8, 4) is 0 Å². The maximum Gasteiger partial charge on any atom is 0.251 e. The molecule has 44 heavy (non-hydrogen) atoms. The van der Waals surface area contributed by atoms with E-state index in [1.807, 2.05) is 0 Å². The van der Waals surface area contributed by atoms with Crippen LogP contribution in [0.1, 0.15) is 111 Å². The fourth-order valence-corrected chi connectivity index (χ4v) is 5.60. The van der Waals surface area contributed by atoms with Crippen molar-refractivity contribution in [2.45, 2.75) is 144 Å². The summed E-state index contributed by atoms with van der Waals surface area (Å²) in [5.41, 5.74) is 0.719. The summed E-state index contributed by atoms with van der Waals surface area (Å²) in [6, 6.07) is 5.17. The lowest BCUT2D eigenvalue weighted by molar-refractivity contribution is -0.303. The summed E-state index contributed by atoms with van der Waals surface area (Å²) in [7, 11) is 0. The highest BCUT2D eigenvalue weighted by Crippen LogP contribution is 2.26. The fraction of sp³-hybridized carbons (Fsp3) is 0.781. The number of ether oxygens (including phenoxy) is 2. The van der Waals surface area contributed by atoms with Crippen LogP contribution in [0.3, 0.4) is 0 Å². The smallest absolute Gasteiger partial charge is 0.251 e. The van der Waals surface area contributed by atoms with Crippen LogP contribution in [0.25, 0.3) is 0 Å². The predicted octanol–water partition coefficient (Wildman–Crippen LogP) is 3.89. The second kappa shape index (κ2) is 21.7. The Morgan fingerprint density at radius 3 is 2.07 bits per heavy atom. The van der Waals surface area contributed by atoms with Gasteiger partial charge in [0.05, 0.1) is 25.4 Å². The van der Waals surface area contributed by atoms with Crippen LogP contribution in [0, 0.1) is 0 Å². The summed E-state index contributed by atoms with van der Waals surface area (Å²) < 4.78 is 11.0. The number of alkyl halides is 2. The van der Waals surface area contributed by atoms with Crippen LogP contribution in [0.2, 0.25) is 0 Å². The highest BCUT2D eigenvalue weighted by atomic mass is 35.5. The normalized spacial score (nSPS) is 24.3. The minimum absolute atomic E-state index is 0.217. The second-order valence-electron chi connectivity index (χ2n) is 11.8. The topological polar surface area (TPSA) is 169 Å². The molecule has 254 valence electrons. The largest absolute Gasteiger partial charge is 0.394 e. The molecule has 8 atom stereocenters. The van der Waals surface area contributed by atoms with Crippen molar-refractivity contribution < 1.29 is 44.9 Å². The first-order valence-electron chi connectivity index (χ1n) is 16.1. The van der Waals surface area contributed by atoms with Gasteiger partial charge in [-0.1, -0.05) is 96.1 Å². The van der Waals surface area contributed by atoms with E-state index < -0.39 is 72.9 Å². The molecule has 1 aromatic carbocycles. The molecule has 1 aliphatic rings. The van der Waals surface area contributed by atoms with Crippen LogP contribution in [-0.4, -0.2) is 98.7 Å². The third kappa shape index (κ3) is 13.4. The van der Waals surface area contributed by atoms with Gasteiger partial charge in [-0.05, 0) is 24.1 Å². The van der Waals surface area contributed by atoms with Crippen molar-refractivity contribution in [2.24, 2.45) is 0 Å². The van der Waals surface area contributed by atoms with Crippen molar-refractivity contribution in [3.63, 3.8) is 0 Å². The van der Waals surface area contributed by atoms with Gasteiger partial charge in [0.15, 0.2) is 6.29 Å².